The molecule has 0 fully saturated rings. The van der Waals surface area contributed by atoms with Crippen molar-refractivity contribution in [3.8, 4) is 17.2 Å². The van der Waals surface area contributed by atoms with Gasteiger partial charge >= 0.3 is 0 Å². The second-order valence-corrected chi connectivity index (χ2v) is 5.36. The molecule has 86 valence electrons. The number of hydrogen-bond acceptors (Lipinski definition) is 3. The van der Waals surface area contributed by atoms with Gasteiger partial charge in [0.25, 0.3) is 0 Å². The van der Waals surface area contributed by atoms with Crippen LogP contribution in [0.3, 0.4) is 0 Å². The molecule has 0 aliphatic carbocycles. The van der Waals surface area contributed by atoms with Crippen LogP contribution in [0, 0.1) is 25.2 Å². The second kappa shape index (κ2) is 4.70. The van der Waals surface area contributed by atoms with E-state index >= 15 is 0 Å². The Morgan fingerprint density at radius 1 is 1.18 bits per heavy atom. The van der Waals surface area contributed by atoms with Crippen LogP contribution in [0.2, 0.25) is 0 Å². The summed E-state index contributed by atoms with van der Waals surface area (Å²) >= 11 is 1.65. The van der Waals surface area contributed by atoms with Crippen LogP contribution in [-0.2, 0) is 6.61 Å². The molecule has 2 aromatic rings. The van der Waals surface area contributed by atoms with Crippen LogP contribution in [0.5, 0.6) is 0 Å². The predicted molar refractivity (Wildman–Crippen MR) is 69.9 cm³/mol. The average molecular weight is 243 g/mol. The highest BCUT2D eigenvalue weighted by molar-refractivity contribution is 7.12. The van der Waals surface area contributed by atoms with Gasteiger partial charge in [-0.05, 0) is 25.0 Å². The highest BCUT2D eigenvalue weighted by Crippen LogP contribution is 2.35. The largest absolute Gasteiger partial charge is 0.392 e. The first-order chi connectivity index (χ1) is 8.17. The van der Waals surface area contributed by atoms with Crippen LogP contribution < -0.4 is 0 Å². The predicted octanol–water partition coefficient (Wildman–Crippen LogP) is 3.40. The summed E-state index contributed by atoms with van der Waals surface area (Å²) in [7, 11) is 0. The summed E-state index contributed by atoms with van der Waals surface area (Å²) in [6, 6.07) is 9.97. The van der Waals surface area contributed by atoms with Crippen LogP contribution in [0.4, 0.5) is 0 Å². The van der Waals surface area contributed by atoms with Gasteiger partial charge in [-0.1, -0.05) is 24.3 Å². The number of aryl methyl sites for hydroxylation is 2. The van der Waals surface area contributed by atoms with Crippen molar-refractivity contribution in [2.24, 2.45) is 0 Å². The van der Waals surface area contributed by atoms with E-state index in [-0.39, 0.29) is 6.61 Å². The zero-order valence-corrected chi connectivity index (χ0v) is 10.6. The maximum atomic E-state index is 9.19. The van der Waals surface area contributed by atoms with Gasteiger partial charge in [-0.2, -0.15) is 5.26 Å². The molecule has 2 nitrogen and oxygen atoms in total. The lowest BCUT2D eigenvalue weighted by molar-refractivity contribution is 0.282. The summed E-state index contributed by atoms with van der Waals surface area (Å²) in [6.45, 7) is 4.06. The smallest absolute Gasteiger partial charge is 0.101 e. The molecule has 0 atom stereocenters. The van der Waals surface area contributed by atoms with E-state index in [9.17, 15) is 5.26 Å². The molecule has 0 radical (unpaired) electrons. The van der Waals surface area contributed by atoms with E-state index in [0.717, 1.165) is 32.0 Å². The minimum Gasteiger partial charge on any atom is -0.392 e. The maximum Gasteiger partial charge on any atom is 0.101 e. The molecule has 0 saturated heterocycles. The van der Waals surface area contributed by atoms with E-state index in [0.29, 0.717) is 0 Å². The lowest BCUT2D eigenvalue weighted by Crippen LogP contribution is -1.85. The van der Waals surface area contributed by atoms with Crippen LogP contribution >= 0.6 is 11.3 Å². The van der Waals surface area contributed by atoms with E-state index in [2.05, 4.69) is 6.07 Å². The van der Waals surface area contributed by atoms with E-state index in [4.69, 9.17) is 5.11 Å². The molecule has 1 aromatic carbocycles. The Labute approximate surface area is 105 Å². The van der Waals surface area contributed by atoms with Crippen molar-refractivity contribution in [3.05, 3.63) is 45.1 Å². The molecule has 0 bridgehead atoms. The fraction of sp³-hybridized carbons (Fsp3) is 0.214. The fourth-order valence-electron chi connectivity index (χ4n) is 1.94. The Bertz CT molecular complexity index is 576. The molecule has 0 saturated carbocycles. The Kier molecular flexibility index (Phi) is 3.28. The van der Waals surface area contributed by atoms with Crippen LogP contribution in [-0.4, -0.2) is 5.11 Å². The number of aliphatic hydroxyl groups is 1. The number of rotatable bonds is 2. The molecule has 1 heterocycles. The second-order valence-electron chi connectivity index (χ2n) is 3.93. The monoisotopic (exact) mass is 243 g/mol. The van der Waals surface area contributed by atoms with Gasteiger partial charge in [-0.15, -0.1) is 11.3 Å². The molecule has 0 spiro atoms. The highest BCUT2D eigenvalue weighted by Gasteiger charge is 2.14. The molecule has 0 unspecified atom stereocenters. The van der Waals surface area contributed by atoms with Crippen LogP contribution in [0.25, 0.3) is 11.1 Å². The number of nitriles is 1. The molecule has 1 aromatic heterocycles. The molecule has 0 amide bonds. The van der Waals surface area contributed by atoms with Gasteiger partial charge in [-0.25, -0.2) is 0 Å². The normalized spacial score (nSPS) is 10.2. The third-order valence-electron chi connectivity index (χ3n) is 2.80. The van der Waals surface area contributed by atoms with Gasteiger partial charge in [0.15, 0.2) is 0 Å². The third-order valence-corrected chi connectivity index (χ3v) is 3.82. The molecule has 3 heteroatoms. The molecule has 2 rings (SSSR count). The highest BCUT2D eigenvalue weighted by atomic mass is 32.1. The summed E-state index contributed by atoms with van der Waals surface area (Å²) in [4.78, 5) is 2.22. The Hall–Kier alpha value is -1.63. The lowest BCUT2D eigenvalue weighted by atomic mass is 10.0. The van der Waals surface area contributed by atoms with Gasteiger partial charge in [0, 0.05) is 15.3 Å². The number of benzene rings is 1. The number of thiophene rings is 1. The van der Waals surface area contributed by atoms with Crippen molar-refractivity contribution >= 4 is 11.3 Å². The summed E-state index contributed by atoms with van der Waals surface area (Å²) < 4.78 is 0. The van der Waals surface area contributed by atoms with Crippen molar-refractivity contribution in [2.75, 3.05) is 0 Å². The van der Waals surface area contributed by atoms with E-state index in [1.165, 1.54) is 0 Å². The maximum absolute atomic E-state index is 9.19. The lowest BCUT2D eigenvalue weighted by Gasteiger charge is -2.03. The van der Waals surface area contributed by atoms with Gasteiger partial charge in [-0.3, -0.25) is 0 Å². The van der Waals surface area contributed by atoms with Gasteiger partial charge in [0.2, 0.25) is 0 Å². The average Bonchev–Trinajstić information content (AvgIpc) is 2.63. The van der Waals surface area contributed by atoms with E-state index in [1.807, 2.05) is 38.1 Å². The molecule has 1 N–H and O–H groups in total. The van der Waals surface area contributed by atoms with Crippen LogP contribution in [0.1, 0.15) is 20.9 Å². The van der Waals surface area contributed by atoms with Gasteiger partial charge in [0.1, 0.15) is 6.07 Å². The third kappa shape index (κ3) is 2.10. The molecule has 17 heavy (non-hydrogen) atoms. The first-order valence-corrected chi connectivity index (χ1v) is 6.19. The molecular weight excluding hydrogens is 230 g/mol. The summed E-state index contributed by atoms with van der Waals surface area (Å²) in [5.74, 6) is 0. The van der Waals surface area contributed by atoms with E-state index < -0.39 is 0 Å². The Balaban J connectivity index is 2.56. The summed E-state index contributed by atoms with van der Waals surface area (Å²) in [5, 5.41) is 18.2. The van der Waals surface area contributed by atoms with Crippen molar-refractivity contribution in [1.82, 2.24) is 0 Å². The first kappa shape index (κ1) is 11.8. The van der Waals surface area contributed by atoms with Gasteiger partial charge in [0.05, 0.1) is 12.2 Å². The van der Waals surface area contributed by atoms with Crippen molar-refractivity contribution < 1.29 is 5.11 Å². The minimum atomic E-state index is 0.0486. The first-order valence-electron chi connectivity index (χ1n) is 5.37. The number of nitrogens with zero attached hydrogens (tertiary/aromatic N) is 1. The van der Waals surface area contributed by atoms with E-state index in [1.54, 1.807) is 11.3 Å². The Morgan fingerprint density at radius 3 is 2.35 bits per heavy atom. The van der Waals surface area contributed by atoms with Gasteiger partial charge < -0.3 is 5.11 Å². The summed E-state index contributed by atoms with van der Waals surface area (Å²) in [5.41, 5.74) is 3.72. The molecule has 0 aliphatic heterocycles. The van der Waals surface area contributed by atoms with Crippen molar-refractivity contribution in [1.29, 1.82) is 5.26 Å². The molecular formula is C14H13NOS. The van der Waals surface area contributed by atoms with Crippen molar-refractivity contribution in [3.63, 3.8) is 0 Å². The zero-order chi connectivity index (χ0) is 12.4. The quantitative estimate of drug-likeness (QED) is 0.878. The number of hydrogen-bond donors (Lipinski definition) is 1. The zero-order valence-electron chi connectivity index (χ0n) is 9.82. The Morgan fingerprint density at radius 2 is 1.82 bits per heavy atom. The fourth-order valence-corrected chi connectivity index (χ4v) is 2.97. The van der Waals surface area contributed by atoms with Crippen molar-refractivity contribution in [2.45, 2.75) is 20.5 Å². The molecule has 0 aliphatic rings. The topological polar surface area (TPSA) is 44.0 Å². The minimum absolute atomic E-state index is 0.0486. The van der Waals surface area contributed by atoms with Crippen LogP contribution in [0.15, 0.2) is 24.3 Å². The SMILES string of the molecule is Cc1sc(C)c(-c2ccc(CO)cc2)c1C#N. The number of aliphatic hydroxyl groups excluding tert-OH is 1. The summed E-state index contributed by atoms with van der Waals surface area (Å²) in [6.07, 6.45) is 0. The standard InChI is InChI=1S/C14H13NOS/c1-9-13(7-15)14(10(2)17-9)12-5-3-11(8-16)4-6-12/h3-6,16H,8H2,1-2H3.